The first-order valence-electron chi connectivity index (χ1n) is 32.7. The molecule has 31 nitrogen and oxygen atoms in total. The number of hydrogen-bond acceptors (Lipinski definition) is 21. The second-order valence-electron chi connectivity index (χ2n) is 24.8. The summed E-state index contributed by atoms with van der Waals surface area (Å²) in [5.41, 5.74) is 6.15. The molecule has 1 aliphatic heterocycles. The molecule has 1 saturated heterocycles. The highest BCUT2D eigenvalue weighted by Crippen LogP contribution is 2.23. The zero-order valence-electron chi connectivity index (χ0n) is 56.3. The molecule has 0 aromatic heterocycles. The van der Waals surface area contributed by atoms with E-state index in [1.807, 2.05) is 27.0 Å². The Morgan fingerprint density at radius 3 is 1.49 bits per heavy atom. The van der Waals surface area contributed by atoms with Crippen LogP contribution in [-0.4, -0.2) is 218 Å². The molecule has 1 aromatic carbocycles. The van der Waals surface area contributed by atoms with E-state index in [0.29, 0.717) is 36.1 Å². The molecule has 1 heterocycles. The van der Waals surface area contributed by atoms with Crippen LogP contribution >= 0.6 is 11.8 Å². The van der Waals surface area contributed by atoms with Crippen LogP contribution in [0.3, 0.4) is 0 Å². The number of carboxylic acids is 5. The van der Waals surface area contributed by atoms with Gasteiger partial charge in [0.25, 0.3) is 0 Å². The Kier molecular flexibility index (Phi) is 40.3. The molecular weight excluding hydrogens is 1310 g/mol. The van der Waals surface area contributed by atoms with E-state index in [1.54, 1.807) is 11.8 Å². The van der Waals surface area contributed by atoms with Crippen LogP contribution in [0.5, 0.6) is 0 Å². The Bertz CT molecular complexity index is 2940. The molecule has 0 spiro atoms. The van der Waals surface area contributed by atoms with Gasteiger partial charge in [-0.3, -0.25) is 81.5 Å². The smallest absolute Gasteiger partial charge is 0.303 e. The lowest BCUT2D eigenvalue weighted by atomic mass is 9.89. The number of carboxylic acid groups (broad SMARTS) is 5. The lowest BCUT2D eigenvalue weighted by Crippen LogP contribution is -2.51. The summed E-state index contributed by atoms with van der Waals surface area (Å²) >= 11 is 1.56. The van der Waals surface area contributed by atoms with E-state index in [4.69, 9.17) is 15.2 Å². The minimum Gasteiger partial charge on any atom is -0.481 e. The highest BCUT2D eigenvalue weighted by Gasteiger charge is 2.38. The van der Waals surface area contributed by atoms with E-state index in [1.165, 1.54) is 36.1 Å². The minimum atomic E-state index is -1.81. The standard InChI is InChI=1S/C66H97N7O24S/c1-38(2)30-49(53(77)19-20-56(80)68-39(3)37-98-5)72-66(95)51-8-6-27-73(51)57(81)36-96-28-7-9-52(76)50(31-41-10-12-42(13-11-41)40(4)74)71-65(94)45(16-23-60(86)87)34-55(79)48(18-25-62(90)91)70-64(93)44(15-22-59(84)85)33-54(78)47(17-24-61(88)89)69-63(92)43(14-21-58(82)83)32-46(75)35-97-29-26-67/h10-13,38-39,43-45,47-51H,6-9,14-37,67H2,1-5H3,(H,68,80)(H,69,92)(H,70,93)(H,71,94)(H,72,95)(H,82,83)(H,84,85)(H,86,87)(H,88,89)(H,90,91)/t39-,43+,44+,45+,47-,48-,49+,50-,51+/m1/s1. The normalized spacial score (nSPS) is 15.2. The molecule has 546 valence electrons. The van der Waals surface area contributed by atoms with E-state index < -0.39 is 227 Å². The minimum absolute atomic E-state index is 0.00349. The van der Waals surface area contributed by atoms with Crippen LogP contribution in [0.1, 0.15) is 172 Å². The van der Waals surface area contributed by atoms with Crippen LogP contribution in [0, 0.1) is 23.7 Å². The number of thioether (sulfide) groups is 1. The summed E-state index contributed by atoms with van der Waals surface area (Å²) < 4.78 is 10.8. The van der Waals surface area contributed by atoms with Gasteiger partial charge in [-0.25, -0.2) is 0 Å². The Hall–Kier alpha value is -8.36. The number of Topliss-reactive ketones (excluding diaryl/α,β-unsaturated/α-hetero) is 6. The van der Waals surface area contributed by atoms with E-state index in [-0.39, 0.29) is 87.8 Å². The van der Waals surface area contributed by atoms with Gasteiger partial charge in [0.15, 0.2) is 34.7 Å². The monoisotopic (exact) mass is 1400 g/mol. The number of ether oxygens (including phenoxy) is 2. The van der Waals surface area contributed by atoms with Gasteiger partial charge in [0.05, 0.1) is 30.8 Å². The Morgan fingerprint density at radius 2 is 1.02 bits per heavy atom. The van der Waals surface area contributed by atoms with Crippen molar-refractivity contribution in [2.75, 3.05) is 51.5 Å². The molecule has 0 aliphatic carbocycles. The molecule has 1 fully saturated rings. The fraction of sp³-hybridized carbons (Fsp3) is 0.652. The number of rotatable bonds is 54. The number of hydrogen-bond donors (Lipinski definition) is 11. The molecule has 0 saturated carbocycles. The highest BCUT2D eigenvalue weighted by atomic mass is 32.2. The molecule has 0 unspecified atom stereocenters. The molecule has 9 atom stereocenters. The lowest BCUT2D eigenvalue weighted by Gasteiger charge is -2.27. The topological polar surface area (TPSA) is 499 Å². The predicted octanol–water partition coefficient (Wildman–Crippen LogP) is 2.02. The first-order chi connectivity index (χ1) is 46.2. The Labute approximate surface area is 572 Å². The van der Waals surface area contributed by atoms with Crippen LogP contribution in [0.15, 0.2) is 24.3 Å². The van der Waals surface area contributed by atoms with Crippen LogP contribution in [0.25, 0.3) is 0 Å². The second kappa shape index (κ2) is 46.0. The number of likely N-dealkylation sites (tertiary alicyclic amines) is 1. The summed E-state index contributed by atoms with van der Waals surface area (Å²) in [6, 6.07) is -0.826. The van der Waals surface area contributed by atoms with Gasteiger partial charge in [-0.2, -0.15) is 11.8 Å². The Balaban J connectivity index is 2.39. The van der Waals surface area contributed by atoms with Crippen molar-refractivity contribution >= 4 is 112 Å². The van der Waals surface area contributed by atoms with Crippen LogP contribution < -0.4 is 32.3 Å². The first-order valence-corrected chi connectivity index (χ1v) is 34.1. The van der Waals surface area contributed by atoms with Crippen molar-refractivity contribution in [3.05, 3.63) is 35.4 Å². The van der Waals surface area contributed by atoms with Gasteiger partial charge in [-0.1, -0.05) is 38.1 Å². The number of benzene rings is 1. The average Bonchev–Trinajstić information content (AvgIpc) is 1.58. The molecule has 1 aromatic rings. The first kappa shape index (κ1) is 85.7. The summed E-state index contributed by atoms with van der Waals surface area (Å²) in [6.45, 7) is 6.01. The SMILES string of the molecule is CSC[C@@H](C)NC(=O)CCC(=O)[C@H](CC(C)C)NC(=O)[C@@H]1CCCN1C(=O)COCCCC(=O)[C@@H](Cc1ccc(C(C)=O)cc1)NC(=O)[C@@H](CCC(=O)O)CC(=O)[C@@H](CCC(=O)O)NC(=O)[C@@H](CCC(=O)O)CC(=O)[C@@H](CCC(=O)O)NC(=O)[C@@H](CCC(=O)O)CC(=O)COCCN. The van der Waals surface area contributed by atoms with Gasteiger partial charge in [-0.15, -0.1) is 0 Å². The molecule has 12 N–H and O–H groups in total. The molecule has 32 heteroatoms. The molecule has 6 amide bonds. The molecule has 98 heavy (non-hydrogen) atoms. The predicted molar refractivity (Wildman–Crippen MR) is 351 cm³/mol. The number of nitrogens with zero attached hydrogens (tertiary/aromatic N) is 1. The van der Waals surface area contributed by atoms with Gasteiger partial charge in [0.2, 0.25) is 35.4 Å². The number of aliphatic carboxylic acids is 5. The van der Waals surface area contributed by atoms with E-state index in [9.17, 15) is 107 Å². The summed E-state index contributed by atoms with van der Waals surface area (Å²) in [5.74, 6) is -19.7. The van der Waals surface area contributed by atoms with Crippen molar-refractivity contribution in [2.24, 2.45) is 29.4 Å². The van der Waals surface area contributed by atoms with Crippen LogP contribution in [-0.2, 0) is 92.6 Å². The van der Waals surface area contributed by atoms with E-state index in [2.05, 4.69) is 26.6 Å². The fourth-order valence-corrected chi connectivity index (χ4v) is 11.4. The molecule has 2 rings (SSSR count). The van der Waals surface area contributed by atoms with Crippen molar-refractivity contribution in [1.82, 2.24) is 31.5 Å². The quantitative estimate of drug-likeness (QED) is 0.0328. The van der Waals surface area contributed by atoms with Crippen molar-refractivity contribution in [3.63, 3.8) is 0 Å². The van der Waals surface area contributed by atoms with Gasteiger partial charge in [0, 0.05) is 125 Å². The van der Waals surface area contributed by atoms with Crippen LogP contribution in [0.4, 0.5) is 0 Å². The van der Waals surface area contributed by atoms with Gasteiger partial charge >= 0.3 is 29.8 Å². The van der Waals surface area contributed by atoms with Crippen LogP contribution in [0.2, 0.25) is 0 Å². The van der Waals surface area contributed by atoms with Gasteiger partial charge in [-0.05, 0) is 95.8 Å². The summed E-state index contributed by atoms with van der Waals surface area (Å²) in [7, 11) is 0. The number of ketones is 6. The highest BCUT2D eigenvalue weighted by molar-refractivity contribution is 7.98. The number of nitrogens with two attached hydrogens (primary N) is 1. The zero-order valence-corrected chi connectivity index (χ0v) is 57.1. The molecule has 0 bridgehead atoms. The number of amides is 6. The fourth-order valence-electron chi connectivity index (χ4n) is 10.8. The zero-order chi connectivity index (χ0) is 73.6. The maximum atomic E-state index is 14.4. The lowest BCUT2D eigenvalue weighted by molar-refractivity contribution is -0.142. The molecule has 1 aliphatic rings. The summed E-state index contributed by atoms with van der Waals surface area (Å²) in [5, 5.41) is 60.8. The third-order valence-corrected chi connectivity index (χ3v) is 16.8. The second-order valence-corrected chi connectivity index (χ2v) is 25.7. The molecular formula is C66H97N7O24S. The van der Waals surface area contributed by atoms with E-state index in [0.717, 1.165) is 0 Å². The third kappa shape index (κ3) is 34.7. The van der Waals surface area contributed by atoms with Crippen molar-refractivity contribution in [1.29, 1.82) is 0 Å². The molecule has 0 radical (unpaired) electrons. The number of carbonyl (C=O) groups is 17. The third-order valence-electron chi connectivity index (χ3n) is 16.0. The maximum Gasteiger partial charge on any atom is 0.303 e. The largest absolute Gasteiger partial charge is 0.481 e. The van der Waals surface area contributed by atoms with Crippen molar-refractivity contribution in [3.8, 4) is 0 Å². The average molecular weight is 1400 g/mol. The maximum absolute atomic E-state index is 14.4. The summed E-state index contributed by atoms with van der Waals surface area (Å²) in [4.78, 5) is 223. The van der Waals surface area contributed by atoms with Gasteiger partial charge in [0.1, 0.15) is 19.3 Å². The number of nitrogens with one attached hydrogen (secondary N) is 5. The number of carbonyl (C=O) groups excluding carboxylic acids is 12. The van der Waals surface area contributed by atoms with Crippen molar-refractivity contribution < 1.29 is 117 Å². The van der Waals surface area contributed by atoms with Gasteiger partial charge < -0.3 is 72.2 Å². The van der Waals surface area contributed by atoms with E-state index >= 15 is 0 Å². The van der Waals surface area contributed by atoms with Crippen molar-refractivity contribution in [2.45, 2.75) is 199 Å². The Morgan fingerprint density at radius 1 is 0.551 bits per heavy atom. The summed E-state index contributed by atoms with van der Waals surface area (Å²) in [6.07, 6.45) is -6.62.